The molecule has 0 aliphatic heterocycles. The van der Waals surface area contributed by atoms with Gasteiger partial charge in [-0.3, -0.25) is 28.8 Å². The number of primary amides is 2. The number of phenolic OH excluding ortho intramolecular Hbond substituents is 1. The fraction of sp³-hybridized carbons (Fsp3) is 0.455. The van der Waals surface area contributed by atoms with Gasteiger partial charge in [-0.15, -0.1) is 0 Å². The van der Waals surface area contributed by atoms with Crippen molar-refractivity contribution in [1.29, 1.82) is 0 Å². The third-order valence-electron chi connectivity index (χ3n) is 5.09. The van der Waals surface area contributed by atoms with E-state index in [-0.39, 0.29) is 37.9 Å². The third kappa shape index (κ3) is 10.8. The largest absolute Gasteiger partial charge is 0.508 e. The Bertz CT molecular complexity index is 968. The smallest absolute Gasteiger partial charge is 0.325 e. The molecule has 14 heteroatoms. The number of carbonyl (C=O) groups excluding carboxylic acids is 5. The Morgan fingerprint density at radius 2 is 1.31 bits per heavy atom. The van der Waals surface area contributed by atoms with Crippen molar-refractivity contribution in [3.8, 4) is 5.75 Å². The molecule has 0 saturated carbocycles. The van der Waals surface area contributed by atoms with Gasteiger partial charge < -0.3 is 43.4 Å². The molecule has 0 radical (unpaired) electrons. The Morgan fingerprint density at radius 3 is 1.83 bits per heavy atom. The quantitative estimate of drug-likeness (QED) is 0.123. The highest BCUT2D eigenvalue weighted by molar-refractivity contribution is 5.94. The molecule has 0 bridgehead atoms. The van der Waals surface area contributed by atoms with Crippen LogP contribution in [0.4, 0.5) is 0 Å². The lowest BCUT2D eigenvalue weighted by atomic mass is 10.0. The highest BCUT2D eigenvalue weighted by Gasteiger charge is 2.30. The van der Waals surface area contributed by atoms with E-state index in [4.69, 9.17) is 22.3 Å². The first-order valence-electron chi connectivity index (χ1n) is 11.0. The van der Waals surface area contributed by atoms with Crippen molar-refractivity contribution in [3.63, 3.8) is 0 Å². The van der Waals surface area contributed by atoms with Crippen molar-refractivity contribution < 1.29 is 39.0 Å². The van der Waals surface area contributed by atoms with Gasteiger partial charge in [0.25, 0.3) is 0 Å². The molecule has 14 nitrogen and oxygen atoms in total. The van der Waals surface area contributed by atoms with Crippen LogP contribution >= 0.6 is 0 Å². The molecule has 1 aromatic carbocycles. The van der Waals surface area contributed by atoms with E-state index in [1.165, 1.54) is 31.2 Å². The molecule has 0 heterocycles. The van der Waals surface area contributed by atoms with E-state index in [9.17, 15) is 33.9 Å². The van der Waals surface area contributed by atoms with Crippen molar-refractivity contribution in [2.24, 2.45) is 17.2 Å². The summed E-state index contributed by atoms with van der Waals surface area (Å²) in [6.45, 7) is 1.22. The normalized spacial score (nSPS) is 13.9. The number of carbonyl (C=O) groups is 6. The molecule has 4 atom stereocenters. The zero-order valence-electron chi connectivity index (χ0n) is 19.7. The molecule has 0 fully saturated rings. The molecule has 0 spiro atoms. The summed E-state index contributed by atoms with van der Waals surface area (Å²) in [5.74, 6) is -5.19. The second-order valence-electron chi connectivity index (χ2n) is 8.18. The van der Waals surface area contributed by atoms with Crippen LogP contribution in [0.5, 0.6) is 5.75 Å². The molecule has 1 rings (SSSR count). The van der Waals surface area contributed by atoms with Gasteiger partial charge in [0.2, 0.25) is 29.5 Å². The van der Waals surface area contributed by atoms with Crippen molar-refractivity contribution in [2.45, 2.75) is 63.2 Å². The van der Waals surface area contributed by atoms with Crippen molar-refractivity contribution in [3.05, 3.63) is 29.8 Å². The SMILES string of the molecule is CC(NC(=O)C(CCC(N)=O)NC(=O)C(Cc1ccc(O)cc1)NC(=O)C(N)CCC(N)=O)C(=O)O. The first-order valence-corrected chi connectivity index (χ1v) is 11.0. The van der Waals surface area contributed by atoms with E-state index in [2.05, 4.69) is 16.0 Å². The zero-order valence-corrected chi connectivity index (χ0v) is 19.7. The number of benzene rings is 1. The van der Waals surface area contributed by atoms with Crippen LogP contribution in [0.15, 0.2) is 24.3 Å². The lowest BCUT2D eigenvalue weighted by molar-refractivity contribution is -0.142. The second kappa shape index (κ2) is 14.3. The number of amides is 5. The first-order chi connectivity index (χ1) is 16.8. The Kier molecular flexibility index (Phi) is 11.8. The number of phenols is 1. The van der Waals surface area contributed by atoms with Gasteiger partial charge >= 0.3 is 5.97 Å². The molecule has 0 aromatic heterocycles. The maximum atomic E-state index is 13.1. The number of aromatic hydroxyl groups is 1. The fourth-order valence-corrected chi connectivity index (χ4v) is 2.99. The summed E-state index contributed by atoms with van der Waals surface area (Å²) in [5.41, 5.74) is 16.5. The highest BCUT2D eigenvalue weighted by atomic mass is 16.4. The van der Waals surface area contributed by atoms with Crippen LogP contribution in [0.3, 0.4) is 0 Å². The molecule has 0 saturated heterocycles. The fourth-order valence-electron chi connectivity index (χ4n) is 2.99. The maximum absolute atomic E-state index is 13.1. The summed E-state index contributed by atoms with van der Waals surface area (Å²) in [7, 11) is 0. The second-order valence-corrected chi connectivity index (χ2v) is 8.18. The molecule has 1 aromatic rings. The first kappa shape index (κ1) is 29.8. The Hall–Kier alpha value is -4.20. The van der Waals surface area contributed by atoms with E-state index in [0.29, 0.717) is 5.56 Å². The van der Waals surface area contributed by atoms with Crippen LogP contribution in [0.2, 0.25) is 0 Å². The van der Waals surface area contributed by atoms with Crippen LogP contribution in [0.1, 0.15) is 38.2 Å². The van der Waals surface area contributed by atoms with Crippen LogP contribution in [0, 0.1) is 0 Å². The Labute approximate surface area is 206 Å². The van der Waals surface area contributed by atoms with E-state index >= 15 is 0 Å². The number of nitrogens with one attached hydrogen (secondary N) is 3. The number of hydrogen-bond acceptors (Lipinski definition) is 8. The van der Waals surface area contributed by atoms with Crippen molar-refractivity contribution in [2.75, 3.05) is 0 Å². The van der Waals surface area contributed by atoms with Gasteiger partial charge in [0.1, 0.15) is 23.9 Å². The average molecular weight is 509 g/mol. The van der Waals surface area contributed by atoms with Crippen molar-refractivity contribution in [1.82, 2.24) is 16.0 Å². The monoisotopic (exact) mass is 508 g/mol. The molecule has 4 unspecified atom stereocenters. The summed E-state index contributed by atoms with van der Waals surface area (Å²) >= 11 is 0. The lowest BCUT2D eigenvalue weighted by Gasteiger charge is -2.24. The summed E-state index contributed by atoms with van der Waals surface area (Å²) in [6.07, 6.45) is -0.800. The van der Waals surface area contributed by atoms with Gasteiger partial charge in [-0.05, 0) is 37.5 Å². The van der Waals surface area contributed by atoms with Crippen LogP contribution < -0.4 is 33.2 Å². The van der Waals surface area contributed by atoms with E-state index in [1.807, 2.05) is 0 Å². The zero-order chi connectivity index (χ0) is 27.4. The van der Waals surface area contributed by atoms with E-state index < -0.39 is 59.7 Å². The molecular weight excluding hydrogens is 476 g/mol. The minimum atomic E-state index is -1.34. The molecule has 198 valence electrons. The van der Waals surface area contributed by atoms with E-state index in [0.717, 1.165) is 0 Å². The van der Waals surface area contributed by atoms with Crippen LogP contribution in [0.25, 0.3) is 0 Å². The van der Waals surface area contributed by atoms with Crippen molar-refractivity contribution >= 4 is 35.5 Å². The number of hydrogen-bond donors (Lipinski definition) is 8. The lowest BCUT2D eigenvalue weighted by Crippen LogP contribution is -2.57. The Balaban J connectivity index is 3.10. The van der Waals surface area contributed by atoms with Gasteiger partial charge in [0.05, 0.1) is 6.04 Å². The summed E-state index contributed by atoms with van der Waals surface area (Å²) in [6, 6.07) is 0.750. The van der Waals surface area contributed by atoms with Gasteiger partial charge in [-0.2, -0.15) is 0 Å². The predicted molar refractivity (Wildman–Crippen MR) is 126 cm³/mol. The molecule has 5 amide bonds. The third-order valence-corrected chi connectivity index (χ3v) is 5.09. The number of nitrogens with two attached hydrogens (primary N) is 3. The van der Waals surface area contributed by atoms with Crippen LogP contribution in [-0.2, 0) is 35.2 Å². The van der Waals surface area contributed by atoms with Gasteiger partial charge in [-0.25, -0.2) is 0 Å². The average Bonchev–Trinajstić information content (AvgIpc) is 2.80. The number of rotatable bonds is 15. The summed E-state index contributed by atoms with van der Waals surface area (Å²) in [4.78, 5) is 71.6. The minimum Gasteiger partial charge on any atom is -0.508 e. The standard InChI is InChI=1S/C22H32N6O8/c1-11(22(35)36)26-20(33)15(7-9-18(25)31)27-21(34)16(10-12-2-4-13(29)5-3-12)28-19(32)14(23)6-8-17(24)30/h2-5,11,14-16,29H,6-10,23H2,1H3,(H2,24,30)(H2,25,31)(H,26,33)(H,27,34)(H,28,32)(H,35,36). The number of carboxylic acid groups (broad SMARTS) is 1. The molecule has 0 aliphatic rings. The minimum absolute atomic E-state index is 0.0204. The highest BCUT2D eigenvalue weighted by Crippen LogP contribution is 2.12. The van der Waals surface area contributed by atoms with Gasteiger partial charge in [0, 0.05) is 19.3 Å². The van der Waals surface area contributed by atoms with Crippen LogP contribution in [-0.4, -0.2) is 69.9 Å². The van der Waals surface area contributed by atoms with Gasteiger partial charge in [0.15, 0.2) is 0 Å². The molecule has 0 aliphatic carbocycles. The summed E-state index contributed by atoms with van der Waals surface area (Å²) < 4.78 is 0. The predicted octanol–water partition coefficient (Wildman–Crippen LogP) is -2.65. The molecule has 11 N–H and O–H groups in total. The number of aliphatic carboxylic acids is 1. The number of carboxylic acids is 1. The van der Waals surface area contributed by atoms with E-state index in [1.54, 1.807) is 0 Å². The van der Waals surface area contributed by atoms with Gasteiger partial charge in [-0.1, -0.05) is 12.1 Å². The summed E-state index contributed by atoms with van der Waals surface area (Å²) in [5, 5.41) is 25.6. The molecular formula is C22H32N6O8. The Morgan fingerprint density at radius 1 is 0.806 bits per heavy atom. The molecule has 36 heavy (non-hydrogen) atoms. The topological polar surface area (TPSA) is 257 Å². The maximum Gasteiger partial charge on any atom is 0.325 e.